The van der Waals surface area contributed by atoms with E-state index in [4.69, 9.17) is 0 Å². The average molecular weight is 333 g/mol. The second-order valence-corrected chi connectivity index (χ2v) is 8.70. The van der Waals surface area contributed by atoms with Crippen molar-refractivity contribution < 1.29 is 4.79 Å². The van der Waals surface area contributed by atoms with E-state index in [-0.39, 0.29) is 16.8 Å². The summed E-state index contributed by atoms with van der Waals surface area (Å²) in [5.74, 6) is 0.534. The van der Waals surface area contributed by atoms with E-state index >= 15 is 0 Å². The van der Waals surface area contributed by atoms with E-state index in [0.29, 0.717) is 16.1 Å². The van der Waals surface area contributed by atoms with Gasteiger partial charge in [0, 0.05) is 4.88 Å². The Balaban J connectivity index is 2.11. The average Bonchev–Trinajstić information content (AvgIpc) is 2.84. The third kappa shape index (κ3) is 2.73. The lowest BCUT2D eigenvalue weighted by Gasteiger charge is -2.33. The molecule has 2 aromatic heterocycles. The second kappa shape index (κ2) is 5.51. The van der Waals surface area contributed by atoms with Gasteiger partial charge in [-0.2, -0.15) is 0 Å². The molecule has 0 saturated heterocycles. The minimum Gasteiger partial charge on any atom is -0.298 e. The SMILES string of the molecule is CC(=O)C(C)n1nnc2sc3c(c2c1=O)CCC(C(C)(C)C)C3. The molecule has 3 rings (SSSR count). The molecule has 0 saturated carbocycles. The van der Waals surface area contributed by atoms with Gasteiger partial charge in [0.05, 0.1) is 5.39 Å². The van der Waals surface area contributed by atoms with Gasteiger partial charge in [-0.05, 0) is 50.0 Å². The van der Waals surface area contributed by atoms with Gasteiger partial charge in [0.15, 0.2) is 10.6 Å². The molecule has 2 atom stereocenters. The van der Waals surface area contributed by atoms with Crippen LogP contribution in [0.2, 0.25) is 0 Å². The highest BCUT2D eigenvalue weighted by atomic mass is 32.1. The molecule has 0 spiro atoms. The molecule has 124 valence electrons. The van der Waals surface area contributed by atoms with Crippen LogP contribution in [-0.4, -0.2) is 20.8 Å². The predicted molar refractivity (Wildman–Crippen MR) is 92.0 cm³/mol. The Morgan fingerprint density at radius 1 is 1.39 bits per heavy atom. The van der Waals surface area contributed by atoms with E-state index in [1.54, 1.807) is 18.3 Å². The number of thiophene rings is 1. The van der Waals surface area contributed by atoms with E-state index in [0.717, 1.165) is 24.8 Å². The summed E-state index contributed by atoms with van der Waals surface area (Å²) >= 11 is 1.59. The van der Waals surface area contributed by atoms with Crippen molar-refractivity contribution in [2.24, 2.45) is 11.3 Å². The Hall–Kier alpha value is -1.56. The maximum Gasteiger partial charge on any atom is 0.279 e. The van der Waals surface area contributed by atoms with Crippen LogP contribution in [0.4, 0.5) is 0 Å². The van der Waals surface area contributed by atoms with Gasteiger partial charge in [-0.3, -0.25) is 9.59 Å². The van der Waals surface area contributed by atoms with E-state index in [2.05, 4.69) is 31.1 Å². The largest absolute Gasteiger partial charge is 0.298 e. The topological polar surface area (TPSA) is 64.8 Å². The summed E-state index contributed by atoms with van der Waals surface area (Å²) in [6, 6.07) is -0.569. The van der Waals surface area contributed by atoms with Gasteiger partial charge >= 0.3 is 0 Å². The standard InChI is InChI=1S/C17H23N3O2S/c1-9(10(2)21)20-16(22)14-12-7-6-11(17(3,4)5)8-13(12)23-15(14)18-19-20/h9,11H,6-8H2,1-5H3. The van der Waals surface area contributed by atoms with Gasteiger partial charge in [0.25, 0.3) is 5.56 Å². The molecule has 2 heterocycles. The second-order valence-electron chi connectivity index (χ2n) is 7.62. The molecule has 0 amide bonds. The molecular formula is C17H23N3O2S. The van der Waals surface area contributed by atoms with Crippen LogP contribution in [0.25, 0.3) is 10.2 Å². The van der Waals surface area contributed by atoms with Crippen molar-refractivity contribution >= 4 is 27.3 Å². The molecule has 1 aliphatic rings. The Bertz CT molecular complexity index is 829. The third-order valence-electron chi connectivity index (χ3n) is 5.08. The molecule has 0 bridgehead atoms. The van der Waals surface area contributed by atoms with Crippen molar-refractivity contribution in [2.45, 2.75) is 59.9 Å². The molecule has 2 aromatic rings. The number of rotatable bonds is 2. The summed E-state index contributed by atoms with van der Waals surface area (Å²) in [4.78, 5) is 26.4. The van der Waals surface area contributed by atoms with Gasteiger partial charge in [-0.1, -0.05) is 26.0 Å². The van der Waals surface area contributed by atoms with Crippen LogP contribution < -0.4 is 5.56 Å². The van der Waals surface area contributed by atoms with Gasteiger partial charge in [-0.25, -0.2) is 4.68 Å². The van der Waals surface area contributed by atoms with Gasteiger partial charge in [-0.15, -0.1) is 16.4 Å². The number of hydrogen-bond acceptors (Lipinski definition) is 5. The molecule has 0 aromatic carbocycles. The summed E-state index contributed by atoms with van der Waals surface area (Å²) in [6.07, 6.45) is 3.00. The minimum absolute atomic E-state index is 0.0855. The summed E-state index contributed by atoms with van der Waals surface area (Å²) in [5, 5.41) is 8.88. The highest BCUT2D eigenvalue weighted by Gasteiger charge is 2.32. The number of fused-ring (bicyclic) bond motifs is 3. The van der Waals surface area contributed by atoms with Crippen molar-refractivity contribution in [3.8, 4) is 0 Å². The quantitative estimate of drug-likeness (QED) is 0.847. The lowest BCUT2D eigenvalue weighted by atomic mass is 9.72. The van der Waals surface area contributed by atoms with Crippen LogP contribution in [0.15, 0.2) is 4.79 Å². The Morgan fingerprint density at radius 3 is 2.70 bits per heavy atom. The highest BCUT2D eigenvalue weighted by molar-refractivity contribution is 7.18. The van der Waals surface area contributed by atoms with E-state index in [9.17, 15) is 9.59 Å². The minimum atomic E-state index is -0.569. The van der Waals surface area contributed by atoms with Crippen LogP contribution in [0, 0.1) is 11.3 Å². The number of carbonyl (C=O) groups is 1. The van der Waals surface area contributed by atoms with Crippen LogP contribution in [-0.2, 0) is 17.6 Å². The Kier molecular flexibility index (Phi) is 3.91. The van der Waals surface area contributed by atoms with Crippen LogP contribution in [0.1, 0.15) is 57.5 Å². The van der Waals surface area contributed by atoms with Crippen molar-refractivity contribution in [3.05, 3.63) is 20.8 Å². The van der Waals surface area contributed by atoms with E-state index in [1.165, 1.54) is 16.5 Å². The van der Waals surface area contributed by atoms with Crippen molar-refractivity contribution in [2.75, 3.05) is 0 Å². The molecular weight excluding hydrogens is 310 g/mol. The number of aromatic nitrogens is 3. The molecule has 1 aliphatic carbocycles. The molecule has 6 heteroatoms. The fourth-order valence-corrected chi connectivity index (χ4v) is 4.51. The fraction of sp³-hybridized carbons (Fsp3) is 0.647. The molecule has 2 unspecified atom stereocenters. The molecule has 0 N–H and O–H groups in total. The third-order valence-corrected chi connectivity index (χ3v) is 6.22. The predicted octanol–water partition coefficient (Wildman–Crippen LogP) is 3.15. The first kappa shape index (κ1) is 16.3. The van der Waals surface area contributed by atoms with Crippen molar-refractivity contribution in [3.63, 3.8) is 0 Å². The normalized spacial score (nSPS) is 19.6. The number of nitrogens with zero attached hydrogens (tertiary/aromatic N) is 3. The van der Waals surface area contributed by atoms with Crippen LogP contribution in [0.3, 0.4) is 0 Å². The first-order chi connectivity index (χ1) is 10.7. The zero-order chi connectivity index (χ0) is 16.9. The van der Waals surface area contributed by atoms with E-state index < -0.39 is 6.04 Å². The summed E-state index contributed by atoms with van der Waals surface area (Å²) in [7, 11) is 0. The summed E-state index contributed by atoms with van der Waals surface area (Å²) in [6.45, 7) is 9.99. The molecule has 0 aliphatic heterocycles. The lowest BCUT2D eigenvalue weighted by molar-refractivity contribution is -0.120. The Labute approximate surface area is 139 Å². The van der Waals surface area contributed by atoms with Crippen LogP contribution in [0.5, 0.6) is 0 Å². The zero-order valence-electron chi connectivity index (χ0n) is 14.3. The molecule has 5 nitrogen and oxygen atoms in total. The molecule has 23 heavy (non-hydrogen) atoms. The number of aryl methyl sites for hydroxylation is 1. The maximum atomic E-state index is 12.8. The lowest BCUT2D eigenvalue weighted by Crippen LogP contribution is -2.31. The van der Waals surface area contributed by atoms with Gasteiger partial charge in [0.1, 0.15) is 6.04 Å². The monoisotopic (exact) mass is 333 g/mol. The number of Topliss-reactive ketones (excluding diaryl/α,β-unsaturated/α-hetero) is 1. The Morgan fingerprint density at radius 2 is 2.09 bits per heavy atom. The van der Waals surface area contributed by atoms with E-state index in [1.807, 2.05) is 0 Å². The van der Waals surface area contributed by atoms with Gasteiger partial charge < -0.3 is 0 Å². The number of carbonyl (C=O) groups excluding carboxylic acids is 1. The van der Waals surface area contributed by atoms with Crippen molar-refractivity contribution in [1.29, 1.82) is 0 Å². The van der Waals surface area contributed by atoms with Crippen LogP contribution >= 0.6 is 11.3 Å². The number of ketones is 1. The maximum absolute atomic E-state index is 12.8. The molecule has 0 fully saturated rings. The van der Waals surface area contributed by atoms with Gasteiger partial charge in [0.2, 0.25) is 0 Å². The van der Waals surface area contributed by atoms with Crippen molar-refractivity contribution in [1.82, 2.24) is 15.0 Å². The molecule has 0 radical (unpaired) electrons. The first-order valence-corrected chi connectivity index (χ1v) is 8.92. The fourth-order valence-electron chi connectivity index (χ4n) is 3.27. The summed E-state index contributed by atoms with van der Waals surface area (Å²) in [5.41, 5.74) is 1.22. The smallest absolute Gasteiger partial charge is 0.279 e. The zero-order valence-corrected chi connectivity index (χ0v) is 15.2. The first-order valence-electron chi connectivity index (χ1n) is 8.10. The number of hydrogen-bond donors (Lipinski definition) is 0. The highest BCUT2D eigenvalue weighted by Crippen LogP contribution is 2.41. The summed E-state index contributed by atoms with van der Waals surface area (Å²) < 4.78 is 1.23.